The lowest BCUT2D eigenvalue weighted by Crippen LogP contribution is -2.17. The van der Waals surface area contributed by atoms with E-state index in [-0.39, 0.29) is 11.7 Å². The normalized spacial score (nSPS) is 11.4. The van der Waals surface area contributed by atoms with Gasteiger partial charge in [0.05, 0.1) is 17.7 Å². The van der Waals surface area contributed by atoms with Crippen LogP contribution in [0, 0.1) is 11.3 Å². The van der Waals surface area contributed by atoms with Crippen molar-refractivity contribution in [2.24, 2.45) is 0 Å². The van der Waals surface area contributed by atoms with E-state index in [1.807, 2.05) is 48.5 Å². The molecule has 4 heteroatoms. The summed E-state index contributed by atoms with van der Waals surface area (Å²) in [5, 5.41) is 18.0. The van der Waals surface area contributed by atoms with Crippen LogP contribution in [0.4, 0.5) is 0 Å². The number of rotatable bonds is 12. The Labute approximate surface area is 173 Å². The predicted molar refractivity (Wildman–Crippen MR) is 116 cm³/mol. The van der Waals surface area contributed by atoms with Gasteiger partial charge in [-0.1, -0.05) is 56.7 Å². The largest absolute Gasteiger partial charge is 0.490 e. The third-order valence-corrected chi connectivity index (χ3v) is 4.94. The van der Waals surface area contributed by atoms with Crippen molar-refractivity contribution >= 4 is 5.97 Å². The van der Waals surface area contributed by atoms with Gasteiger partial charge in [0.1, 0.15) is 5.75 Å². The van der Waals surface area contributed by atoms with Crippen LogP contribution in [0.25, 0.3) is 11.1 Å². The summed E-state index contributed by atoms with van der Waals surface area (Å²) in [5.41, 5.74) is 2.87. The maximum Gasteiger partial charge on any atom is 0.330 e. The zero-order valence-electron chi connectivity index (χ0n) is 17.1. The number of nitrogens with zero attached hydrogens (tertiary/aromatic N) is 1. The van der Waals surface area contributed by atoms with Crippen molar-refractivity contribution in [3.05, 3.63) is 66.2 Å². The third kappa shape index (κ3) is 7.12. The summed E-state index contributed by atoms with van der Waals surface area (Å²) in [7, 11) is 0. The molecule has 1 atom stereocenters. The lowest BCUT2D eigenvalue weighted by Gasteiger charge is -2.21. The number of unbranched alkanes of at least 4 members (excludes halogenated alkanes) is 2. The molecule has 4 nitrogen and oxygen atoms in total. The fourth-order valence-electron chi connectivity index (χ4n) is 3.25. The van der Waals surface area contributed by atoms with E-state index in [0.29, 0.717) is 12.0 Å². The van der Waals surface area contributed by atoms with E-state index >= 15 is 0 Å². The van der Waals surface area contributed by atoms with E-state index < -0.39 is 5.97 Å². The molecule has 0 heterocycles. The molecule has 0 aliphatic rings. The van der Waals surface area contributed by atoms with Crippen LogP contribution in [0.15, 0.2) is 60.7 Å². The Morgan fingerprint density at radius 3 is 2.45 bits per heavy atom. The van der Waals surface area contributed by atoms with Crippen molar-refractivity contribution in [3.8, 4) is 22.9 Å². The number of carboxylic acids is 1. The van der Waals surface area contributed by atoms with E-state index in [0.717, 1.165) is 55.4 Å². The molecule has 152 valence electrons. The Bertz CT molecular complexity index is 849. The molecule has 2 aromatic rings. The van der Waals surface area contributed by atoms with Crippen molar-refractivity contribution in [1.29, 1.82) is 5.26 Å². The topological polar surface area (TPSA) is 70.3 Å². The molecule has 29 heavy (non-hydrogen) atoms. The fraction of sp³-hybridized carbons (Fsp3) is 0.360. The molecule has 0 bridgehead atoms. The Balaban J connectivity index is 2.13. The minimum atomic E-state index is -0.931. The first-order valence-corrected chi connectivity index (χ1v) is 10.2. The molecule has 2 rings (SSSR count). The number of benzene rings is 2. The van der Waals surface area contributed by atoms with Crippen molar-refractivity contribution in [3.63, 3.8) is 0 Å². The van der Waals surface area contributed by atoms with Crippen LogP contribution in [0.2, 0.25) is 0 Å². The van der Waals surface area contributed by atoms with Gasteiger partial charge in [-0.2, -0.15) is 5.26 Å². The first-order valence-electron chi connectivity index (χ1n) is 10.2. The first kappa shape index (κ1) is 22.2. The standard InChI is InChI=1S/C25H29NO3/c1-3-4-5-10-22(11-8-9-19(2)25(27)28)29-24-13-7-6-12-23(24)21-16-14-20(18-26)15-17-21/h6-7,12-17,22H,2-5,8-11H2,1H3,(H,27,28). The van der Waals surface area contributed by atoms with Gasteiger partial charge in [0.2, 0.25) is 0 Å². The number of aliphatic carboxylic acids is 1. The highest BCUT2D eigenvalue weighted by atomic mass is 16.5. The first-order chi connectivity index (χ1) is 14.0. The van der Waals surface area contributed by atoms with Gasteiger partial charge in [-0.25, -0.2) is 4.79 Å². The zero-order chi connectivity index (χ0) is 21.1. The minimum Gasteiger partial charge on any atom is -0.490 e. The van der Waals surface area contributed by atoms with E-state index in [1.54, 1.807) is 0 Å². The maximum atomic E-state index is 11.0. The lowest BCUT2D eigenvalue weighted by molar-refractivity contribution is -0.132. The highest BCUT2D eigenvalue weighted by molar-refractivity contribution is 5.85. The third-order valence-electron chi connectivity index (χ3n) is 4.94. The van der Waals surface area contributed by atoms with Crippen molar-refractivity contribution in [2.75, 3.05) is 0 Å². The van der Waals surface area contributed by atoms with Gasteiger partial charge in [-0.3, -0.25) is 0 Å². The molecule has 0 aromatic heterocycles. The number of carbonyl (C=O) groups is 1. The Hall–Kier alpha value is -3.06. The summed E-state index contributed by atoms with van der Waals surface area (Å²) in [5.74, 6) is -0.115. The van der Waals surface area contributed by atoms with Crippen molar-refractivity contribution in [2.45, 2.75) is 58.0 Å². The second kappa shape index (κ2) is 11.7. The van der Waals surface area contributed by atoms with Crippen LogP contribution >= 0.6 is 0 Å². The number of hydrogen-bond donors (Lipinski definition) is 1. The van der Waals surface area contributed by atoms with Crippen LogP contribution in [-0.4, -0.2) is 17.2 Å². The van der Waals surface area contributed by atoms with Gasteiger partial charge in [-0.05, 0) is 55.9 Å². The Morgan fingerprint density at radius 1 is 1.10 bits per heavy atom. The zero-order valence-corrected chi connectivity index (χ0v) is 17.1. The van der Waals surface area contributed by atoms with E-state index in [1.165, 1.54) is 0 Å². The summed E-state index contributed by atoms with van der Waals surface area (Å²) < 4.78 is 6.40. The van der Waals surface area contributed by atoms with Crippen LogP contribution in [0.5, 0.6) is 5.75 Å². The molecule has 0 saturated carbocycles. The summed E-state index contributed by atoms with van der Waals surface area (Å²) in [6.07, 6.45) is 6.35. The Morgan fingerprint density at radius 2 is 1.79 bits per heavy atom. The number of nitriles is 1. The van der Waals surface area contributed by atoms with Gasteiger partial charge in [0, 0.05) is 11.1 Å². The second-order valence-electron chi connectivity index (χ2n) is 7.22. The maximum absolute atomic E-state index is 11.0. The fourth-order valence-corrected chi connectivity index (χ4v) is 3.25. The molecule has 0 aliphatic carbocycles. The summed E-state index contributed by atoms with van der Waals surface area (Å²) in [6, 6.07) is 17.5. The highest BCUT2D eigenvalue weighted by Crippen LogP contribution is 2.32. The van der Waals surface area contributed by atoms with Gasteiger partial charge in [0.25, 0.3) is 0 Å². The lowest BCUT2D eigenvalue weighted by atomic mass is 10.0. The predicted octanol–water partition coefficient (Wildman–Crippen LogP) is 6.36. The second-order valence-corrected chi connectivity index (χ2v) is 7.22. The summed E-state index contributed by atoms with van der Waals surface area (Å²) >= 11 is 0. The molecule has 0 aliphatic heterocycles. The number of carboxylic acid groups (broad SMARTS) is 1. The van der Waals surface area contributed by atoms with Gasteiger partial charge < -0.3 is 9.84 Å². The quantitative estimate of drug-likeness (QED) is 0.337. The molecule has 1 unspecified atom stereocenters. The van der Waals surface area contributed by atoms with E-state index in [4.69, 9.17) is 15.1 Å². The SMILES string of the molecule is C=C(CCCC(CCCCC)Oc1ccccc1-c1ccc(C#N)cc1)C(=O)O. The molecule has 0 spiro atoms. The van der Waals surface area contributed by atoms with Gasteiger partial charge in [-0.15, -0.1) is 0 Å². The monoisotopic (exact) mass is 391 g/mol. The molecule has 1 N–H and O–H groups in total. The van der Waals surface area contributed by atoms with E-state index in [2.05, 4.69) is 19.6 Å². The molecule has 0 amide bonds. The van der Waals surface area contributed by atoms with Crippen LogP contribution in [-0.2, 0) is 4.79 Å². The molecule has 0 fully saturated rings. The number of hydrogen-bond acceptors (Lipinski definition) is 3. The van der Waals surface area contributed by atoms with Crippen LogP contribution in [0.1, 0.15) is 57.4 Å². The Kier molecular flexibility index (Phi) is 8.98. The van der Waals surface area contributed by atoms with Gasteiger partial charge >= 0.3 is 5.97 Å². The van der Waals surface area contributed by atoms with Crippen LogP contribution < -0.4 is 4.74 Å². The molecule has 0 saturated heterocycles. The molecular weight excluding hydrogens is 362 g/mol. The molecule has 0 radical (unpaired) electrons. The smallest absolute Gasteiger partial charge is 0.330 e. The average molecular weight is 392 g/mol. The highest BCUT2D eigenvalue weighted by Gasteiger charge is 2.15. The summed E-state index contributed by atoms with van der Waals surface area (Å²) in [6.45, 7) is 5.79. The van der Waals surface area contributed by atoms with Crippen molar-refractivity contribution < 1.29 is 14.6 Å². The molecular formula is C25H29NO3. The molecule has 2 aromatic carbocycles. The van der Waals surface area contributed by atoms with E-state index in [9.17, 15) is 4.79 Å². The van der Waals surface area contributed by atoms with Crippen LogP contribution in [0.3, 0.4) is 0 Å². The number of ether oxygens (including phenoxy) is 1. The average Bonchev–Trinajstić information content (AvgIpc) is 2.74. The van der Waals surface area contributed by atoms with Crippen molar-refractivity contribution in [1.82, 2.24) is 0 Å². The minimum absolute atomic E-state index is 0.0303. The summed E-state index contributed by atoms with van der Waals surface area (Å²) in [4.78, 5) is 11.0. The van der Waals surface area contributed by atoms with Gasteiger partial charge in [0.15, 0.2) is 0 Å². The number of para-hydroxylation sites is 1.